The minimum atomic E-state index is -0.364. The molecule has 3 heteroatoms. The molecule has 0 fully saturated rings. The molecule has 0 saturated carbocycles. The molecule has 3 aromatic rings. The first-order valence-corrected chi connectivity index (χ1v) is 9.31. The van der Waals surface area contributed by atoms with Crippen molar-refractivity contribution in [1.82, 2.24) is 5.32 Å². The Morgan fingerprint density at radius 3 is 2.04 bits per heavy atom. The molecule has 0 heterocycles. The molecule has 136 valence electrons. The summed E-state index contributed by atoms with van der Waals surface area (Å²) in [5.41, 5.74) is 6.33. The van der Waals surface area contributed by atoms with E-state index >= 15 is 0 Å². The van der Waals surface area contributed by atoms with Crippen molar-refractivity contribution in [2.75, 3.05) is 13.7 Å². The highest BCUT2D eigenvalue weighted by atomic mass is 16.5. The zero-order valence-electron chi connectivity index (χ0n) is 15.4. The Balaban J connectivity index is 1.56. The van der Waals surface area contributed by atoms with Crippen LogP contribution in [-0.4, -0.2) is 25.7 Å². The van der Waals surface area contributed by atoms with Crippen LogP contribution in [0, 0.1) is 0 Å². The van der Waals surface area contributed by atoms with Crippen LogP contribution in [0.25, 0.3) is 11.1 Å². The number of carbonyl (C=O) groups excluding carboxylic acids is 1. The average Bonchev–Trinajstić information content (AvgIpc) is 3.05. The second kappa shape index (κ2) is 7.77. The molecular formula is C24H23NO2. The van der Waals surface area contributed by atoms with Gasteiger partial charge in [-0.1, -0.05) is 78.9 Å². The van der Waals surface area contributed by atoms with Crippen LogP contribution in [0.3, 0.4) is 0 Å². The Kier molecular flexibility index (Phi) is 5.03. The van der Waals surface area contributed by atoms with E-state index in [2.05, 4.69) is 53.8 Å². The fraction of sp³-hybridized carbons (Fsp3) is 0.208. The number of fused-ring (bicyclic) bond motifs is 3. The van der Waals surface area contributed by atoms with E-state index in [9.17, 15) is 4.79 Å². The van der Waals surface area contributed by atoms with Crippen molar-refractivity contribution in [1.29, 1.82) is 0 Å². The van der Waals surface area contributed by atoms with Gasteiger partial charge in [0.15, 0.2) is 0 Å². The van der Waals surface area contributed by atoms with Crippen molar-refractivity contribution < 1.29 is 9.53 Å². The maximum atomic E-state index is 12.3. The van der Waals surface area contributed by atoms with Crippen molar-refractivity contribution in [2.24, 2.45) is 0 Å². The Labute approximate surface area is 160 Å². The number of ether oxygens (including phenoxy) is 1. The Morgan fingerprint density at radius 2 is 1.44 bits per heavy atom. The average molecular weight is 357 g/mol. The third-order valence-corrected chi connectivity index (χ3v) is 5.30. The quantitative estimate of drug-likeness (QED) is 0.673. The SMILES string of the molecule is COC(=O)[C@H](Cc1ccccc1)NCC1c2ccccc2-c2ccccc21. The van der Waals surface area contributed by atoms with Crippen LogP contribution >= 0.6 is 0 Å². The van der Waals surface area contributed by atoms with E-state index in [1.54, 1.807) is 0 Å². The number of hydrogen-bond donors (Lipinski definition) is 1. The van der Waals surface area contributed by atoms with Crippen molar-refractivity contribution in [2.45, 2.75) is 18.4 Å². The molecule has 0 radical (unpaired) electrons. The van der Waals surface area contributed by atoms with Gasteiger partial charge in [0.25, 0.3) is 0 Å². The minimum absolute atomic E-state index is 0.224. The first-order valence-electron chi connectivity index (χ1n) is 9.31. The van der Waals surface area contributed by atoms with Crippen molar-refractivity contribution >= 4 is 5.97 Å². The zero-order valence-corrected chi connectivity index (χ0v) is 15.4. The maximum Gasteiger partial charge on any atom is 0.323 e. The molecule has 0 amide bonds. The molecule has 0 unspecified atom stereocenters. The minimum Gasteiger partial charge on any atom is -0.468 e. The van der Waals surface area contributed by atoms with Gasteiger partial charge >= 0.3 is 5.97 Å². The van der Waals surface area contributed by atoms with Crippen LogP contribution in [-0.2, 0) is 16.0 Å². The van der Waals surface area contributed by atoms with Gasteiger partial charge in [-0.3, -0.25) is 4.79 Å². The topological polar surface area (TPSA) is 38.3 Å². The highest BCUT2D eigenvalue weighted by Gasteiger charge is 2.29. The number of methoxy groups -OCH3 is 1. The molecule has 1 N–H and O–H groups in total. The van der Waals surface area contributed by atoms with Gasteiger partial charge in [-0.2, -0.15) is 0 Å². The molecule has 0 spiro atoms. The Morgan fingerprint density at radius 1 is 0.889 bits per heavy atom. The highest BCUT2D eigenvalue weighted by molar-refractivity contribution is 5.79. The lowest BCUT2D eigenvalue weighted by Crippen LogP contribution is -2.41. The number of esters is 1. The van der Waals surface area contributed by atoms with Gasteiger partial charge in [0, 0.05) is 12.5 Å². The van der Waals surface area contributed by atoms with Gasteiger partial charge in [0.2, 0.25) is 0 Å². The van der Waals surface area contributed by atoms with Gasteiger partial charge in [-0.05, 0) is 34.2 Å². The molecule has 1 aliphatic carbocycles. The number of hydrogen-bond acceptors (Lipinski definition) is 3. The number of rotatable bonds is 6. The molecule has 1 aliphatic rings. The van der Waals surface area contributed by atoms with Crippen LogP contribution < -0.4 is 5.32 Å². The molecule has 0 saturated heterocycles. The third-order valence-electron chi connectivity index (χ3n) is 5.30. The fourth-order valence-electron chi connectivity index (χ4n) is 3.97. The number of carbonyl (C=O) groups is 1. The first-order chi connectivity index (χ1) is 13.3. The third kappa shape index (κ3) is 3.51. The lowest BCUT2D eigenvalue weighted by molar-refractivity contribution is -0.143. The number of nitrogens with one attached hydrogen (secondary N) is 1. The van der Waals surface area contributed by atoms with Crippen LogP contribution in [0.4, 0.5) is 0 Å². The second-order valence-corrected chi connectivity index (χ2v) is 6.90. The standard InChI is InChI=1S/C24H23NO2/c1-27-24(26)23(15-17-9-3-2-4-10-17)25-16-22-20-13-7-5-11-18(20)19-12-6-8-14-21(19)22/h2-14,22-23,25H,15-16H2,1H3/t23-/m0/s1. The molecule has 3 aromatic carbocycles. The highest BCUT2D eigenvalue weighted by Crippen LogP contribution is 2.44. The summed E-state index contributed by atoms with van der Waals surface area (Å²) in [6.45, 7) is 0.695. The van der Waals surface area contributed by atoms with E-state index in [4.69, 9.17) is 4.74 Å². The van der Waals surface area contributed by atoms with E-state index in [1.807, 2.05) is 30.3 Å². The normalized spacial score (nSPS) is 13.7. The summed E-state index contributed by atoms with van der Waals surface area (Å²) in [4.78, 5) is 12.3. The summed E-state index contributed by atoms with van der Waals surface area (Å²) in [6, 6.07) is 26.7. The molecular weight excluding hydrogens is 334 g/mol. The molecule has 1 atom stereocenters. The van der Waals surface area contributed by atoms with Crippen molar-refractivity contribution in [3.8, 4) is 11.1 Å². The molecule has 4 rings (SSSR count). The summed E-state index contributed by atoms with van der Waals surface area (Å²) in [5, 5.41) is 3.47. The Hall–Kier alpha value is -2.91. The summed E-state index contributed by atoms with van der Waals surface area (Å²) in [5.74, 6) is 0.0127. The van der Waals surface area contributed by atoms with Crippen molar-refractivity contribution in [3.05, 3.63) is 95.6 Å². The summed E-state index contributed by atoms with van der Waals surface area (Å²) in [7, 11) is 1.45. The molecule has 27 heavy (non-hydrogen) atoms. The molecule has 0 aliphatic heterocycles. The summed E-state index contributed by atoms with van der Waals surface area (Å²) >= 11 is 0. The largest absolute Gasteiger partial charge is 0.468 e. The Bertz CT molecular complexity index is 890. The van der Waals surface area contributed by atoms with Crippen LogP contribution in [0.5, 0.6) is 0 Å². The fourth-order valence-corrected chi connectivity index (χ4v) is 3.97. The van der Waals surface area contributed by atoms with Crippen LogP contribution in [0.1, 0.15) is 22.6 Å². The molecule has 0 aromatic heterocycles. The van der Waals surface area contributed by atoms with E-state index in [1.165, 1.54) is 29.4 Å². The smallest absolute Gasteiger partial charge is 0.323 e. The van der Waals surface area contributed by atoms with E-state index < -0.39 is 0 Å². The predicted octanol–water partition coefficient (Wildman–Crippen LogP) is 4.17. The number of benzene rings is 3. The maximum absolute atomic E-state index is 12.3. The molecule has 0 bridgehead atoms. The molecule has 3 nitrogen and oxygen atoms in total. The lowest BCUT2D eigenvalue weighted by atomic mass is 9.96. The van der Waals surface area contributed by atoms with E-state index in [-0.39, 0.29) is 17.9 Å². The van der Waals surface area contributed by atoms with Crippen molar-refractivity contribution in [3.63, 3.8) is 0 Å². The van der Waals surface area contributed by atoms with Gasteiger partial charge in [0.05, 0.1) is 7.11 Å². The van der Waals surface area contributed by atoms with Gasteiger partial charge in [-0.25, -0.2) is 0 Å². The predicted molar refractivity (Wildman–Crippen MR) is 108 cm³/mol. The zero-order chi connectivity index (χ0) is 18.6. The van der Waals surface area contributed by atoms with Gasteiger partial charge in [-0.15, -0.1) is 0 Å². The van der Waals surface area contributed by atoms with Gasteiger partial charge < -0.3 is 10.1 Å². The van der Waals surface area contributed by atoms with Crippen LogP contribution in [0.2, 0.25) is 0 Å². The van der Waals surface area contributed by atoms with E-state index in [0.29, 0.717) is 13.0 Å². The summed E-state index contributed by atoms with van der Waals surface area (Å²) < 4.78 is 5.04. The first kappa shape index (κ1) is 17.5. The van der Waals surface area contributed by atoms with Gasteiger partial charge in [0.1, 0.15) is 6.04 Å². The van der Waals surface area contributed by atoms with Crippen LogP contribution in [0.15, 0.2) is 78.9 Å². The lowest BCUT2D eigenvalue weighted by Gasteiger charge is -2.20. The second-order valence-electron chi connectivity index (χ2n) is 6.90. The van der Waals surface area contributed by atoms with E-state index in [0.717, 1.165) is 5.56 Å². The monoisotopic (exact) mass is 357 g/mol. The summed E-state index contributed by atoms with van der Waals surface area (Å²) in [6.07, 6.45) is 0.615.